The molecule has 0 aliphatic heterocycles. The number of hydrogen-bond acceptors (Lipinski definition) is 1. The molecule has 1 aromatic heterocycles. The van der Waals surface area contributed by atoms with E-state index in [4.69, 9.17) is 4.98 Å². The van der Waals surface area contributed by atoms with E-state index in [1.165, 1.54) is 87.7 Å². The molecule has 4 aliphatic carbocycles. The molecule has 0 bridgehead atoms. The normalized spacial score (nSPS) is 21.1. The molecule has 0 radical (unpaired) electrons. The summed E-state index contributed by atoms with van der Waals surface area (Å²) in [5, 5.41) is 5.43. The average molecular weight is 712 g/mol. The summed E-state index contributed by atoms with van der Waals surface area (Å²) in [5.41, 5.74) is 18.7. The Morgan fingerprint density at radius 3 is 2.18 bits per heavy atom. The maximum atomic E-state index is 4.98. The van der Waals surface area contributed by atoms with Crippen molar-refractivity contribution < 1.29 is 0 Å². The molecule has 1 heterocycles. The molecule has 4 aromatic carbocycles. The predicted octanol–water partition coefficient (Wildman–Crippen LogP) is 10.8. The van der Waals surface area contributed by atoms with Gasteiger partial charge in [0.15, 0.2) is 0 Å². The van der Waals surface area contributed by atoms with E-state index in [1.807, 2.05) is 0 Å². The van der Waals surface area contributed by atoms with Crippen LogP contribution in [-0.4, -0.2) is 4.98 Å². The van der Waals surface area contributed by atoms with Crippen molar-refractivity contribution in [3.8, 4) is 22.3 Å². The number of rotatable bonds is 5. The maximum Gasteiger partial charge on any atom is 0.0662 e. The van der Waals surface area contributed by atoms with Crippen LogP contribution in [-0.2, 0) is 0 Å². The van der Waals surface area contributed by atoms with Crippen molar-refractivity contribution in [3.63, 3.8) is 0 Å². The van der Waals surface area contributed by atoms with Crippen LogP contribution in [0.5, 0.6) is 0 Å². The van der Waals surface area contributed by atoms with Crippen molar-refractivity contribution in [2.75, 3.05) is 0 Å². The van der Waals surface area contributed by atoms with E-state index >= 15 is 0 Å². The Morgan fingerprint density at radius 1 is 0.600 bits per heavy atom. The Hall–Kier alpha value is -5.79. The second-order valence-corrected chi connectivity index (χ2v) is 15.7. The van der Waals surface area contributed by atoms with Crippen LogP contribution in [0.1, 0.15) is 74.3 Å². The minimum Gasteiger partial charge on any atom is -0.256 e. The molecule has 0 saturated carbocycles. The van der Waals surface area contributed by atoms with Crippen LogP contribution < -0.4 is 20.9 Å². The zero-order valence-electron chi connectivity index (χ0n) is 32.4. The molecule has 0 fully saturated rings. The van der Waals surface area contributed by atoms with E-state index in [-0.39, 0.29) is 5.92 Å². The first-order valence-corrected chi connectivity index (χ1v) is 20.2. The van der Waals surface area contributed by atoms with Gasteiger partial charge in [0.1, 0.15) is 0 Å². The lowest BCUT2D eigenvalue weighted by atomic mass is 9.84. The van der Waals surface area contributed by atoms with Crippen LogP contribution in [0.4, 0.5) is 0 Å². The fourth-order valence-electron chi connectivity index (χ4n) is 9.44. The summed E-state index contributed by atoms with van der Waals surface area (Å²) in [5.74, 6) is 0.226. The van der Waals surface area contributed by atoms with Gasteiger partial charge in [0.25, 0.3) is 0 Å². The van der Waals surface area contributed by atoms with Crippen LogP contribution in [0.15, 0.2) is 157 Å². The van der Waals surface area contributed by atoms with E-state index in [9.17, 15) is 0 Å². The first-order chi connectivity index (χ1) is 27.0. The summed E-state index contributed by atoms with van der Waals surface area (Å²) in [6, 6.07) is 36.4. The number of allylic oxidation sites excluding steroid dienone is 10. The lowest BCUT2D eigenvalue weighted by Gasteiger charge is -2.20. The molecule has 0 spiro atoms. The van der Waals surface area contributed by atoms with Crippen molar-refractivity contribution in [2.24, 2.45) is 5.92 Å². The molecule has 270 valence electrons. The summed E-state index contributed by atoms with van der Waals surface area (Å²) in [4.78, 5) is 4.98. The first kappa shape index (κ1) is 34.9. The van der Waals surface area contributed by atoms with E-state index in [0.29, 0.717) is 0 Å². The van der Waals surface area contributed by atoms with Crippen LogP contribution in [0, 0.1) is 19.8 Å². The van der Waals surface area contributed by atoms with Gasteiger partial charge in [0, 0.05) is 17.7 Å². The Bertz CT molecular complexity index is 2710. The van der Waals surface area contributed by atoms with Gasteiger partial charge >= 0.3 is 0 Å². The quantitative estimate of drug-likeness (QED) is 0.177. The van der Waals surface area contributed by atoms with Crippen molar-refractivity contribution in [3.05, 3.63) is 200 Å². The van der Waals surface area contributed by atoms with E-state index in [2.05, 4.69) is 173 Å². The van der Waals surface area contributed by atoms with Gasteiger partial charge in [-0.15, -0.1) is 0 Å². The number of pyridine rings is 1. The summed E-state index contributed by atoms with van der Waals surface area (Å²) in [7, 11) is 0. The van der Waals surface area contributed by atoms with Crippen LogP contribution in [0.2, 0.25) is 0 Å². The number of benzene rings is 4. The Morgan fingerprint density at radius 2 is 1.36 bits per heavy atom. The third kappa shape index (κ3) is 6.78. The Labute approximate surface area is 326 Å². The second kappa shape index (κ2) is 15.2. The van der Waals surface area contributed by atoms with Crippen molar-refractivity contribution in [1.29, 1.82) is 0 Å². The van der Waals surface area contributed by atoms with Crippen LogP contribution in [0.25, 0.3) is 50.6 Å². The molecule has 1 nitrogen and oxygen atoms in total. The summed E-state index contributed by atoms with van der Waals surface area (Å²) in [6.45, 7) is 6.83. The lowest BCUT2D eigenvalue weighted by molar-refractivity contribution is 0.891. The Kier molecular flexibility index (Phi) is 9.63. The topological polar surface area (TPSA) is 12.9 Å². The van der Waals surface area contributed by atoms with Crippen LogP contribution in [0.3, 0.4) is 0 Å². The van der Waals surface area contributed by atoms with Crippen molar-refractivity contribution >= 4 is 28.4 Å². The summed E-state index contributed by atoms with van der Waals surface area (Å²) < 4.78 is 0. The van der Waals surface area contributed by atoms with Gasteiger partial charge < -0.3 is 0 Å². The Balaban J connectivity index is 1.16. The fourth-order valence-corrected chi connectivity index (χ4v) is 9.44. The molecule has 5 aromatic rings. The second-order valence-electron chi connectivity index (χ2n) is 15.7. The molecule has 0 amide bonds. The number of aromatic nitrogens is 1. The number of nitrogens with zero attached hydrogens (tertiary/aromatic N) is 1. The highest BCUT2D eigenvalue weighted by Crippen LogP contribution is 2.35. The highest BCUT2D eigenvalue weighted by molar-refractivity contribution is 5.91. The molecule has 4 aliphatic rings. The van der Waals surface area contributed by atoms with Gasteiger partial charge in [-0.05, 0) is 153 Å². The zero-order chi connectivity index (χ0) is 37.3. The first-order valence-electron chi connectivity index (χ1n) is 20.2. The highest BCUT2D eigenvalue weighted by Gasteiger charge is 2.19. The molecular formula is C54H49N. The summed E-state index contributed by atoms with van der Waals surface area (Å²) >= 11 is 0. The number of hydrogen-bond donors (Lipinski definition) is 0. The third-order valence-corrected chi connectivity index (χ3v) is 12.2. The molecule has 1 unspecified atom stereocenters. The SMILES string of the molecule is Cc1cccc(C)c1-c1cccc2c1=CCCC=2/C1=c2\cccc\c2=C(/c2ccc(-c3ccc(C4=CC5=C(C=CCC5)CC4)nc3)cc2)C(C)/C=C\C=C/C1. The minimum atomic E-state index is 0.226. The van der Waals surface area contributed by atoms with Gasteiger partial charge in [-0.2, -0.15) is 0 Å². The molecule has 1 atom stereocenters. The van der Waals surface area contributed by atoms with Crippen molar-refractivity contribution in [1.82, 2.24) is 4.98 Å². The third-order valence-electron chi connectivity index (χ3n) is 12.2. The van der Waals surface area contributed by atoms with Gasteiger partial charge in [-0.1, -0.05) is 147 Å². The molecular weight excluding hydrogens is 663 g/mol. The largest absolute Gasteiger partial charge is 0.256 e. The number of aryl methyl sites for hydroxylation is 2. The standard InChI is InChI=1S/C54H49N/c1-36-15-11-16-37(2)53(36)50-25-13-23-47-46(22-12-24-49(47)50)45-19-6-4-5-14-38(3)54(51-21-10-9-20-48(45)51)41-29-26-40(27-30-41)44-32-33-52(55-35-44)43-31-28-39-17-7-8-18-42(39)34-43/h4-7,9-11,13-17,20-21,23-27,29-30,32-35,38H,8,12,18-19,22,28,31H2,1-3H3/b6-4-,14-5-,48-45+,54-51+. The molecule has 55 heavy (non-hydrogen) atoms. The fraction of sp³-hybridized carbons (Fsp3) is 0.204. The van der Waals surface area contributed by atoms with Gasteiger partial charge in [-0.3, -0.25) is 4.98 Å². The molecule has 0 N–H and O–H groups in total. The monoisotopic (exact) mass is 711 g/mol. The van der Waals surface area contributed by atoms with Gasteiger partial charge in [0.05, 0.1) is 5.69 Å². The van der Waals surface area contributed by atoms with E-state index < -0.39 is 0 Å². The average Bonchev–Trinajstić information content (AvgIpc) is 3.22. The number of fused-ring (bicyclic) bond motifs is 2. The zero-order valence-corrected chi connectivity index (χ0v) is 32.4. The smallest absolute Gasteiger partial charge is 0.0662 e. The predicted molar refractivity (Wildman–Crippen MR) is 234 cm³/mol. The molecule has 0 saturated heterocycles. The van der Waals surface area contributed by atoms with Crippen molar-refractivity contribution in [2.45, 2.75) is 65.7 Å². The molecule has 9 rings (SSSR count). The van der Waals surface area contributed by atoms with Gasteiger partial charge in [0.2, 0.25) is 0 Å². The van der Waals surface area contributed by atoms with Gasteiger partial charge in [-0.25, -0.2) is 0 Å². The summed E-state index contributed by atoms with van der Waals surface area (Å²) in [6.07, 6.45) is 28.2. The highest BCUT2D eigenvalue weighted by atomic mass is 14.7. The molecule has 1 heteroatoms. The minimum absolute atomic E-state index is 0.226. The van der Waals surface area contributed by atoms with E-state index in [0.717, 1.165) is 56.2 Å². The van der Waals surface area contributed by atoms with Crippen LogP contribution >= 0.6 is 0 Å². The van der Waals surface area contributed by atoms with E-state index in [1.54, 1.807) is 0 Å². The maximum absolute atomic E-state index is 4.98. The lowest BCUT2D eigenvalue weighted by Crippen LogP contribution is -2.36.